The Morgan fingerprint density at radius 2 is 2.33 bits per heavy atom. The van der Waals surface area contributed by atoms with Crippen molar-refractivity contribution in [2.45, 2.75) is 38.1 Å². The molecule has 0 aromatic carbocycles. The lowest BCUT2D eigenvalue weighted by molar-refractivity contribution is 0.212. The highest BCUT2D eigenvalue weighted by Crippen LogP contribution is 2.42. The fourth-order valence-electron chi connectivity index (χ4n) is 2.87. The standard InChI is InChI=1S/C10H20N2/c1-11-9-3-5-10(7-9)4-2-6-12-8-10/h9,11-12H,2-8H2,1H3. The summed E-state index contributed by atoms with van der Waals surface area (Å²) in [4.78, 5) is 0. The Labute approximate surface area is 75.1 Å². The van der Waals surface area contributed by atoms with Crippen LogP contribution in [-0.4, -0.2) is 26.2 Å². The molecule has 1 aliphatic heterocycles. The van der Waals surface area contributed by atoms with E-state index in [1.54, 1.807) is 0 Å². The van der Waals surface area contributed by atoms with Gasteiger partial charge in [-0.1, -0.05) is 0 Å². The van der Waals surface area contributed by atoms with Crippen LogP contribution in [0.15, 0.2) is 0 Å². The molecule has 0 aromatic rings. The first-order chi connectivity index (χ1) is 5.85. The van der Waals surface area contributed by atoms with Crippen molar-refractivity contribution in [2.24, 2.45) is 5.41 Å². The molecular weight excluding hydrogens is 148 g/mol. The summed E-state index contributed by atoms with van der Waals surface area (Å²) < 4.78 is 0. The van der Waals surface area contributed by atoms with E-state index in [0.29, 0.717) is 5.41 Å². The van der Waals surface area contributed by atoms with Gasteiger partial charge in [-0.3, -0.25) is 0 Å². The second-order valence-corrected chi connectivity index (χ2v) is 4.51. The zero-order valence-electron chi connectivity index (χ0n) is 8.03. The van der Waals surface area contributed by atoms with Gasteiger partial charge in [0.05, 0.1) is 0 Å². The molecule has 2 rings (SSSR count). The lowest BCUT2D eigenvalue weighted by Gasteiger charge is -2.34. The van der Waals surface area contributed by atoms with Crippen molar-refractivity contribution in [3.05, 3.63) is 0 Å². The molecule has 2 atom stereocenters. The van der Waals surface area contributed by atoms with Gasteiger partial charge in [-0.25, -0.2) is 0 Å². The van der Waals surface area contributed by atoms with Crippen molar-refractivity contribution in [1.82, 2.24) is 10.6 Å². The Hall–Kier alpha value is -0.0800. The van der Waals surface area contributed by atoms with E-state index in [-0.39, 0.29) is 0 Å². The summed E-state index contributed by atoms with van der Waals surface area (Å²) in [5, 5.41) is 6.94. The molecule has 12 heavy (non-hydrogen) atoms. The van der Waals surface area contributed by atoms with E-state index in [9.17, 15) is 0 Å². The molecule has 2 fully saturated rings. The third-order valence-electron chi connectivity index (χ3n) is 3.67. The molecule has 2 nitrogen and oxygen atoms in total. The van der Waals surface area contributed by atoms with E-state index in [0.717, 1.165) is 6.04 Å². The third-order valence-corrected chi connectivity index (χ3v) is 3.67. The lowest BCUT2D eigenvalue weighted by Crippen LogP contribution is -2.39. The van der Waals surface area contributed by atoms with Gasteiger partial charge in [-0.2, -0.15) is 0 Å². The number of piperidine rings is 1. The Morgan fingerprint density at radius 1 is 1.42 bits per heavy atom. The van der Waals surface area contributed by atoms with E-state index < -0.39 is 0 Å². The van der Waals surface area contributed by atoms with Crippen molar-refractivity contribution in [1.29, 1.82) is 0 Å². The van der Waals surface area contributed by atoms with Crippen LogP contribution >= 0.6 is 0 Å². The first kappa shape index (κ1) is 8.52. The second-order valence-electron chi connectivity index (χ2n) is 4.51. The topological polar surface area (TPSA) is 24.1 Å². The van der Waals surface area contributed by atoms with E-state index in [1.165, 1.54) is 45.2 Å². The maximum absolute atomic E-state index is 3.53. The quantitative estimate of drug-likeness (QED) is 0.613. The normalized spacial score (nSPS) is 42.2. The van der Waals surface area contributed by atoms with Crippen LogP contribution in [0.25, 0.3) is 0 Å². The molecule has 2 N–H and O–H groups in total. The lowest BCUT2D eigenvalue weighted by atomic mass is 9.79. The summed E-state index contributed by atoms with van der Waals surface area (Å²) in [6, 6.07) is 0.796. The Kier molecular flexibility index (Phi) is 2.37. The first-order valence-electron chi connectivity index (χ1n) is 5.23. The molecule has 0 bridgehead atoms. The number of rotatable bonds is 1. The van der Waals surface area contributed by atoms with Crippen molar-refractivity contribution >= 4 is 0 Å². The van der Waals surface area contributed by atoms with Gasteiger partial charge < -0.3 is 10.6 Å². The Morgan fingerprint density at radius 3 is 2.92 bits per heavy atom. The highest BCUT2D eigenvalue weighted by molar-refractivity contribution is 4.95. The number of hydrogen-bond donors (Lipinski definition) is 2. The van der Waals surface area contributed by atoms with Crippen molar-refractivity contribution in [3.8, 4) is 0 Å². The van der Waals surface area contributed by atoms with E-state index in [2.05, 4.69) is 17.7 Å². The van der Waals surface area contributed by atoms with Crippen LogP contribution in [0.3, 0.4) is 0 Å². The summed E-state index contributed by atoms with van der Waals surface area (Å²) in [6.07, 6.45) is 7.06. The third kappa shape index (κ3) is 1.50. The summed E-state index contributed by atoms with van der Waals surface area (Å²) in [5.41, 5.74) is 0.673. The molecule has 1 aliphatic carbocycles. The first-order valence-corrected chi connectivity index (χ1v) is 5.23. The molecule has 70 valence electrons. The minimum absolute atomic E-state index is 0.673. The average molecular weight is 168 g/mol. The van der Waals surface area contributed by atoms with Gasteiger partial charge in [-0.05, 0) is 51.1 Å². The molecule has 1 saturated heterocycles. The van der Waals surface area contributed by atoms with E-state index >= 15 is 0 Å². The summed E-state index contributed by atoms with van der Waals surface area (Å²) in [7, 11) is 2.10. The van der Waals surface area contributed by atoms with Crippen LogP contribution in [-0.2, 0) is 0 Å². The fourth-order valence-corrected chi connectivity index (χ4v) is 2.87. The molecule has 2 aliphatic rings. The SMILES string of the molecule is CNC1CCC2(CCCNC2)C1. The largest absolute Gasteiger partial charge is 0.317 e. The predicted octanol–water partition coefficient (Wildman–Crippen LogP) is 1.13. The van der Waals surface area contributed by atoms with Crippen molar-refractivity contribution in [2.75, 3.05) is 20.1 Å². The zero-order valence-corrected chi connectivity index (χ0v) is 8.03. The van der Waals surface area contributed by atoms with E-state index in [1.807, 2.05) is 0 Å². The van der Waals surface area contributed by atoms with Gasteiger partial charge in [0.1, 0.15) is 0 Å². The Balaban J connectivity index is 1.94. The molecule has 0 radical (unpaired) electrons. The average Bonchev–Trinajstić information content (AvgIpc) is 2.50. The van der Waals surface area contributed by atoms with Gasteiger partial charge in [0, 0.05) is 12.6 Å². The fraction of sp³-hybridized carbons (Fsp3) is 1.00. The van der Waals surface area contributed by atoms with Crippen LogP contribution in [0.1, 0.15) is 32.1 Å². The summed E-state index contributed by atoms with van der Waals surface area (Å²) >= 11 is 0. The minimum atomic E-state index is 0.673. The van der Waals surface area contributed by atoms with Gasteiger partial charge >= 0.3 is 0 Å². The number of nitrogens with one attached hydrogen (secondary N) is 2. The van der Waals surface area contributed by atoms with Gasteiger partial charge in [0.2, 0.25) is 0 Å². The molecule has 0 aromatic heterocycles. The molecule has 2 heteroatoms. The molecule has 1 heterocycles. The van der Waals surface area contributed by atoms with Crippen LogP contribution in [0.4, 0.5) is 0 Å². The maximum atomic E-state index is 3.53. The molecular formula is C10H20N2. The molecule has 2 unspecified atom stereocenters. The Bertz CT molecular complexity index is 150. The van der Waals surface area contributed by atoms with Gasteiger partial charge in [0.15, 0.2) is 0 Å². The van der Waals surface area contributed by atoms with E-state index in [4.69, 9.17) is 0 Å². The highest BCUT2D eigenvalue weighted by atomic mass is 14.9. The van der Waals surface area contributed by atoms with Crippen LogP contribution in [0.2, 0.25) is 0 Å². The monoisotopic (exact) mass is 168 g/mol. The zero-order chi connectivity index (χ0) is 8.44. The maximum Gasteiger partial charge on any atom is 0.00700 e. The van der Waals surface area contributed by atoms with Gasteiger partial charge in [-0.15, -0.1) is 0 Å². The second kappa shape index (κ2) is 3.35. The van der Waals surface area contributed by atoms with Crippen LogP contribution in [0.5, 0.6) is 0 Å². The van der Waals surface area contributed by atoms with Crippen LogP contribution in [0, 0.1) is 5.41 Å². The van der Waals surface area contributed by atoms with Crippen LogP contribution < -0.4 is 10.6 Å². The predicted molar refractivity (Wildman–Crippen MR) is 51.2 cm³/mol. The highest BCUT2D eigenvalue weighted by Gasteiger charge is 2.38. The minimum Gasteiger partial charge on any atom is -0.317 e. The molecule has 1 spiro atoms. The number of hydrogen-bond acceptors (Lipinski definition) is 2. The molecule has 1 saturated carbocycles. The van der Waals surface area contributed by atoms with Crippen molar-refractivity contribution < 1.29 is 0 Å². The summed E-state index contributed by atoms with van der Waals surface area (Å²) in [5.74, 6) is 0. The van der Waals surface area contributed by atoms with Gasteiger partial charge in [0.25, 0.3) is 0 Å². The van der Waals surface area contributed by atoms with Crippen molar-refractivity contribution in [3.63, 3.8) is 0 Å². The smallest absolute Gasteiger partial charge is 0.00700 e. The summed E-state index contributed by atoms with van der Waals surface area (Å²) in [6.45, 7) is 2.51. The molecule has 0 amide bonds.